The van der Waals surface area contributed by atoms with Gasteiger partial charge in [0, 0.05) is 56.7 Å². The van der Waals surface area contributed by atoms with E-state index in [1.165, 1.54) is 0 Å². The predicted molar refractivity (Wildman–Crippen MR) is 11.6 cm³/mol. The summed E-state index contributed by atoms with van der Waals surface area (Å²) in [6.45, 7) is 0. The zero-order valence-electron chi connectivity index (χ0n) is 3.89. The molecule has 0 saturated heterocycles. The second-order valence-electron chi connectivity index (χ2n) is 0. The third-order valence-corrected chi connectivity index (χ3v) is 0. The van der Waals surface area contributed by atoms with Gasteiger partial charge in [0.15, 0.2) is 0 Å². The summed E-state index contributed by atoms with van der Waals surface area (Å²) in [5.74, 6) is 0. The van der Waals surface area contributed by atoms with E-state index in [4.69, 9.17) is 0 Å². The van der Waals surface area contributed by atoms with Crippen LogP contribution >= 0.6 is 0 Å². The molecule has 1 radical (unpaired) electrons. The Bertz CT molecular complexity index is 13.5. The van der Waals surface area contributed by atoms with Gasteiger partial charge in [0.05, 0.1) is 0 Å². The number of rotatable bonds is 0. The number of hydrogen-bond donors (Lipinski definition) is 0. The molecule has 0 amide bonds. The molecule has 2 N–H and O–H groups in total. The summed E-state index contributed by atoms with van der Waals surface area (Å²) in [6, 6.07) is 0. The van der Waals surface area contributed by atoms with Gasteiger partial charge in [-0.3, -0.25) is 0 Å². The third kappa shape index (κ3) is 8.99. The molecule has 0 bridgehead atoms. The molecular formula is H4CoGdOSr. The fourth-order valence-corrected chi connectivity index (χ4v) is 0. The van der Waals surface area contributed by atoms with Gasteiger partial charge in [0.2, 0.25) is 0 Å². The average molecular weight is 324 g/mol. The van der Waals surface area contributed by atoms with E-state index < -0.39 is 0 Å². The SMILES string of the molecule is O.[Co].[Gd].[H-].[H-].[Sr+2]. The average Bonchev–Trinajstić information content (AvgIpc) is 0. The van der Waals surface area contributed by atoms with Gasteiger partial charge < -0.3 is 8.33 Å². The van der Waals surface area contributed by atoms with Crippen LogP contribution in [-0.2, 0) is 16.8 Å². The van der Waals surface area contributed by atoms with Crippen molar-refractivity contribution in [1.29, 1.82) is 0 Å². The van der Waals surface area contributed by atoms with Crippen molar-refractivity contribution in [2.75, 3.05) is 0 Å². The van der Waals surface area contributed by atoms with Crippen molar-refractivity contribution in [1.82, 2.24) is 0 Å². The first-order chi connectivity index (χ1) is 0. The van der Waals surface area contributed by atoms with Crippen molar-refractivity contribution in [2.24, 2.45) is 0 Å². The first kappa shape index (κ1) is 26.7. The monoisotopic (exact) mass is 325 g/mol. The maximum atomic E-state index is 0. The van der Waals surface area contributed by atoms with Crippen LogP contribution in [0.25, 0.3) is 0 Å². The normalized spacial score (nSPS) is 0. The molecule has 0 aromatic heterocycles. The van der Waals surface area contributed by atoms with E-state index in [1.807, 2.05) is 0 Å². The van der Waals surface area contributed by atoms with E-state index in [0.717, 1.165) is 0 Å². The summed E-state index contributed by atoms with van der Waals surface area (Å²) in [5, 5.41) is 0. The molecule has 0 aliphatic rings. The second-order valence-corrected chi connectivity index (χ2v) is 0. The Morgan fingerprint density at radius 1 is 1.25 bits per heavy atom. The Balaban J connectivity index is 0. The second kappa shape index (κ2) is 16.3. The molecule has 0 saturated carbocycles. The van der Waals surface area contributed by atoms with E-state index in [2.05, 4.69) is 0 Å². The van der Waals surface area contributed by atoms with Crippen LogP contribution < -0.4 is 0 Å². The van der Waals surface area contributed by atoms with Gasteiger partial charge in [-0.15, -0.1) is 0 Å². The van der Waals surface area contributed by atoms with Gasteiger partial charge in [-0.2, -0.15) is 0 Å². The van der Waals surface area contributed by atoms with E-state index in [9.17, 15) is 0 Å². The van der Waals surface area contributed by atoms with Crippen LogP contribution in [0.1, 0.15) is 2.85 Å². The zero-order chi connectivity index (χ0) is 0. The predicted octanol–water partition coefficient (Wildman–Crippen LogP) is -0.983. The maximum absolute atomic E-state index is 0. The van der Waals surface area contributed by atoms with Gasteiger partial charge in [0.1, 0.15) is 0 Å². The van der Waals surface area contributed by atoms with E-state index in [1.54, 1.807) is 0 Å². The summed E-state index contributed by atoms with van der Waals surface area (Å²) < 4.78 is 0. The molecule has 4 heavy (non-hydrogen) atoms. The Hall–Kier alpha value is 3.27. The van der Waals surface area contributed by atoms with Crippen LogP contribution in [0.3, 0.4) is 0 Å². The largest absolute Gasteiger partial charge is 2.00 e. The minimum absolute atomic E-state index is 0. The Morgan fingerprint density at radius 3 is 1.25 bits per heavy atom. The Kier molecular flexibility index (Phi) is 109. The quantitative estimate of drug-likeness (QED) is 0.513. The molecule has 0 aromatic carbocycles. The van der Waals surface area contributed by atoms with E-state index >= 15 is 0 Å². The van der Waals surface area contributed by atoms with Crippen LogP contribution in [0.5, 0.6) is 0 Å². The van der Waals surface area contributed by atoms with Crippen LogP contribution in [0.4, 0.5) is 0 Å². The molecule has 0 rings (SSSR count). The summed E-state index contributed by atoms with van der Waals surface area (Å²) >= 11 is 0. The molecule has 0 unspecified atom stereocenters. The molecular weight excluding hydrogens is 320 g/mol. The van der Waals surface area contributed by atoms with Crippen LogP contribution in [0.2, 0.25) is 0 Å². The van der Waals surface area contributed by atoms with E-state index in [0.29, 0.717) is 0 Å². The molecule has 4 heteroatoms. The minimum atomic E-state index is 0. The van der Waals surface area contributed by atoms with Crippen LogP contribution in [-0.4, -0.2) is 51.0 Å². The maximum Gasteiger partial charge on any atom is 2.00 e. The van der Waals surface area contributed by atoms with Crippen molar-refractivity contribution in [3.05, 3.63) is 0 Å². The fraction of sp³-hybridized carbons (Fsp3) is 0. The van der Waals surface area contributed by atoms with Gasteiger partial charge in [-0.25, -0.2) is 0 Å². The topological polar surface area (TPSA) is 31.5 Å². The molecule has 1 nitrogen and oxygen atoms in total. The summed E-state index contributed by atoms with van der Waals surface area (Å²) in [5.41, 5.74) is 0. The van der Waals surface area contributed by atoms with Gasteiger partial charge in [-0.05, 0) is 0 Å². The fourth-order valence-electron chi connectivity index (χ4n) is 0. The summed E-state index contributed by atoms with van der Waals surface area (Å²) in [6.07, 6.45) is 0. The molecule has 0 aliphatic carbocycles. The molecule has 0 aromatic rings. The molecule has 0 atom stereocenters. The third-order valence-electron chi connectivity index (χ3n) is 0. The molecule has 0 aliphatic heterocycles. The number of hydrogen-bond acceptors (Lipinski definition) is 0. The molecule has 0 fully saturated rings. The minimum Gasteiger partial charge on any atom is -1.00 e. The molecule has 0 heterocycles. The van der Waals surface area contributed by atoms with Crippen molar-refractivity contribution < 1.29 is 65.0 Å². The van der Waals surface area contributed by atoms with Crippen molar-refractivity contribution in [2.45, 2.75) is 0 Å². The van der Waals surface area contributed by atoms with Crippen LogP contribution in [0, 0.1) is 39.9 Å². The Morgan fingerprint density at radius 2 is 1.25 bits per heavy atom. The summed E-state index contributed by atoms with van der Waals surface area (Å²) in [4.78, 5) is 0. The van der Waals surface area contributed by atoms with Crippen molar-refractivity contribution in [3.63, 3.8) is 0 Å². The smallest absolute Gasteiger partial charge is 1.00 e. The van der Waals surface area contributed by atoms with E-state index in [-0.39, 0.29) is 111 Å². The standard InChI is InChI=1S/Co.Gd.H2O.Sr.2H/h;;1H2;;;/q;;;+2;2*-1. The van der Waals surface area contributed by atoms with Crippen LogP contribution in [0.15, 0.2) is 0 Å². The zero-order valence-corrected chi connectivity index (χ0v) is 8.68. The van der Waals surface area contributed by atoms with Crippen molar-refractivity contribution in [3.8, 4) is 0 Å². The first-order valence-electron chi connectivity index (χ1n) is 0. The van der Waals surface area contributed by atoms with Gasteiger partial charge in [-0.1, -0.05) is 0 Å². The Labute approximate surface area is 108 Å². The summed E-state index contributed by atoms with van der Waals surface area (Å²) in [7, 11) is 0. The van der Waals surface area contributed by atoms with Gasteiger partial charge >= 0.3 is 45.5 Å². The van der Waals surface area contributed by atoms with Crippen molar-refractivity contribution >= 4 is 45.5 Å². The molecule has 0 spiro atoms. The van der Waals surface area contributed by atoms with Gasteiger partial charge in [0.25, 0.3) is 0 Å². The molecule has 29 valence electrons. The first-order valence-corrected chi connectivity index (χ1v) is 0.